The first-order chi connectivity index (χ1) is 11.8. The third-order valence-corrected chi connectivity index (χ3v) is 4.39. The van der Waals surface area contributed by atoms with Gasteiger partial charge in [-0.05, 0) is 29.3 Å². The first-order valence-corrected chi connectivity index (χ1v) is 8.40. The van der Waals surface area contributed by atoms with Crippen LogP contribution in [0.2, 0.25) is 0 Å². The first kappa shape index (κ1) is 14.8. The molecule has 2 heterocycles. The molecule has 0 aliphatic carbocycles. The maximum absolute atomic E-state index is 4.67. The van der Waals surface area contributed by atoms with Crippen molar-refractivity contribution in [2.75, 3.05) is 0 Å². The highest BCUT2D eigenvalue weighted by Crippen LogP contribution is 2.16. The summed E-state index contributed by atoms with van der Waals surface area (Å²) in [5.74, 6) is 0. The molecule has 0 fully saturated rings. The summed E-state index contributed by atoms with van der Waals surface area (Å²) in [4.78, 5) is 0. The van der Waals surface area contributed by atoms with Gasteiger partial charge in [0.15, 0.2) is 0 Å². The minimum atomic E-state index is 0.831. The van der Waals surface area contributed by atoms with Crippen molar-refractivity contribution in [3.63, 3.8) is 0 Å². The summed E-state index contributed by atoms with van der Waals surface area (Å²) in [6, 6.07) is 21.2. The number of hydrogen-bond donors (Lipinski definition) is 0. The van der Waals surface area contributed by atoms with Crippen molar-refractivity contribution >= 4 is 10.8 Å². The van der Waals surface area contributed by atoms with Crippen LogP contribution >= 0.6 is 0 Å². The van der Waals surface area contributed by atoms with Crippen LogP contribution < -0.4 is 0 Å². The Bertz CT molecular complexity index is 915. The summed E-state index contributed by atoms with van der Waals surface area (Å²) in [6.07, 6.45) is 5.43. The van der Waals surface area contributed by atoms with Crippen LogP contribution in [0.4, 0.5) is 0 Å². The highest BCUT2D eigenvalue weighted by atomic mass is 15.3. The molecule has 0 aliphatic heterocycles. The summed E-state index contributed by atoms with van der Waals surface area (Å²) < 4.78 is 4.41. The number of hydrogen-bond acceptors (Lipinski definition) is 1. The van der Waals surface area contributed by atoms with Crippen molar-refractivity contribution in [3.05, 3.63) is 90.0 Å². The Morgan fingerprint density at radius 3 is 2.25 bits per heavy atom. The van der Waals surface area contributed by atoms with E-state index in [9.17, 15) is 0 Å². The van der Waals surface area contributed by atoms with Crippen LogP contribution in [-0.4, -0.2) is 14.3 Å². The quantitative estimate of drug-likeness (QED) is 0.534. The second kappa shape index (κ2) is 6.36. The zero-order valence-corrected chi connectivity index (χ0v) is 13.9. The van der Waals surface area contributed by atoms with Gasteiger partial charge in [-0.2, -0.15) is 5.10 Å². The van der Waals surface area contributed by atoms with E-state index in [1.807, 2.05) is 0 Å². The fraction of sp³-hybridized carbons (Fsp3) is 0.190. The molecule has 120 valence electrons. The number of nitrogens with zero attached hydrogens (tertiary/aromatic N) is 3. The second-order valence-electron chi connectivity index (χ2n) is 6.30. The molecule has 0 spiro atoms. The standard InChI is InChI=1S/C21H21N3/c1-17-13-21(24(22-17)14-18-7-3-2-4-8-18)11-12-23-15-19-9-5-6-10-20(19)16-23/h2-10,13,15-16H,11-12,14H2,1H3. The van der Waals surface area contributed by atoms with Gasteiger partial charge in [0.2, 0.25) is 0 Å². The van der Waals surface area contributed by atoms with Gasteiger partial charge in [-0.15, -0.1) is 0 Å². The third-order valence-electron chi connectivity index (χ3n) is 4.39. The van der Waals surface area contributed by atoms with Gasteiger partial charge in [0, 0.05) is 31.1 Å². The fourth-order valence-electron chi connectivity index (χ4n) is 3.21. The Balaban J connectivity index is 1.52. The Kier molecular flexibility index (Phi) is 3.91. The van der Waals surface area contributed by atoms with E-state index in [4.69, 9.17) is 0 Å². The monoisotopic (exact) mass is 315 g/mol. The maximum atomic E-state index is 4.67. The Morgan fingerprint density at radius 2 is 1.54 bits per heavy atom. The van der Waals surface area contributed by atoms with Gasteiger partial charge < -0.3 is 4.57 Å². The van der Waals surface area contributed by atoms with Gasteiger partial charge in [0.05, 0.1) is 12.2 Å². The van der Waals surface area contributed by atoms with E-state index in [1.54, 1.807) is 0 Å². The maximum Gasteiger partial charge on any atom is 0.0662 e. The molecule has 0 saturated heterocycles. The van der Waals surface area contributed by atoms with Crippen LogP contribution in [0, 0.1) is 6.92 Å². The largest absolute Gasteiger partial charge is 0.353 e. The van der Waals surface area contributed by atoms with Crippen LogP contribution in [0.25, 0.3) is 10.8 Å². The number of aryl methyl sites for hydroxylation is 3. The van der Waals surface area contributed by atoms with Crippen molar-refractivity contribution < 1.29 is 0 Å². The van der Waals surface area contributed by atoms with Crippen molar-refractivity contribution in [1.82, 2.24) is 14.3 Å². The van der Waals surface area contributed by atoms with Gasteiger partial charge in [-0.3, -0.25) is 4.68 Å². The molecule has 3 heteroatoms. The van der Waals surface area contributed by atoms with Crippen LogP contribution in [0.3, 0.4) is 0 Å². The van der Waals surface area contributed by atoms with E-state index in [-0.39, 0.29) is 0 Å². The van der Waals surface area contributed by atoms with Crippen molar-refractivity contribution in [2.24, 2.45) is 0 Å². The Morgan fingerprint density at radius 1 is 0.875 bits per heavy atom. The normalized spacial score (nSPS) is 11.2. The summed E-state index contributed by atoms with van der Waals surface area (Å²) in [5, 5.41) is 7.26. The minimum absolute atomic E-state index is 0.831. The molecule has 0 bridgehead atoms. The summed E-state index contributed by atoms with van der Waals surface area (Å²) >= 11 is 0. The molecule has 0 saturated carbocycles. The number of benzene rings is 2. The van der Waals surface area contributed by atoms with Gasteiger partial charge in [0.25, 0.3) is 0 Å². The number of rotatable bonds is 5. The average Bonchev–Trinajstić information content (AvgIpc) is 3.16. The molecule has 0 aliphatic rings. The lowest BCUT2D eigenvalue weighted by molar-refractivity contribution is 0.604. The van der Waals surface area contributed by atoms with Crippen LogP contribution in [0.1, 0.15) is 17.0 Å². The molecule has 2 aromatic carbocycles. The molecule has 24 heavy (non-hydrogen) atoms. The van der Waals surface area contributed by atoms with Crippen molar-refractivity contribution in [3.8, 4) is 0 Å². The van der Waals surface area contributed by atoms with E-state index >= 15 is 0 Å². The van der Waals surface area contributed by atoms with Crippen LogP contribution in [-0.2, 0) is 19.5 Å². The zero-order chi connectivity index (χ0) is 16.4. The fourth-order valence-corrected chi connectivity index (χ4v) is 3.21. The molecule has 0 radical (unpaired) electrons. The molecule has 0 N–H and O–H groups in total. The van der Waals surface area contributed by atoms with Crippen LogP contribution in [0.15, 0.2) is 73.1 Å². The van der Waals surface area contributed by atoms with Crippen molar-refractivity contribution in [2.45, 2.75) is 26.4 Å². The van der Waals surface area contributed by atoms with E-state index in [2.05, 4.69) is 94.3 Å². The highest BCUT2D eigenvalue weighted by Gasteiger charge is 2.07. The molecule has 3 nitrogen and oxygen atoms in total. The topological polar surface area (TPSA) is 22.8 Å². The van der Waals surface area contributed by atoms with Crippen molar-refractivity contribution in [1.29, 1.82) is 0 Å². The molecule has 0 unspecified atom stereocenters. The van der Waals surface area contributed by atoms with Gasteiger partial charge >= 0.3 is 0 Å². The molecule has 4 rings (SSSR count). The summed E-state index contributed by atoms with van der Waals surface area (Å²) in [7, 11) is 0. The molecule has 4 aromatic rings. The van der Waals surface area contributed by atoms with E-state index in [0.29, 0.717) is 0 Å². The zero-order valence-electron chi connectivity index (χ0n) is 13.9. The molecule has 0 atom stereocenters. The predicted molar refractivity (Wildman–Crippen MR) is 98.2 cm³/mol. The number of aromatic nitrogens is 3. The van der Waals surface area contributed by atoms with E-state index < -0.39 is 0 Å². The third kappa shape index (κ3) is 3.11. The summed E-state index contributed by atoms with van der Waals surface area (Å²) in [5.41, 5.74) is 3.65. The molecule has 2 aromatic heterocycles. The highest BCUT2D eigenvalue weighted by molar-refractivity contribution is 5.82. The lowest BCUT2D eigenvalue weighted by atomic mass is 10.2. The Labute approximate surface area is 142 Å². The van der Waals surface area contributed by atoms with Gasteiger partial charge in [-0.25, -0.2) is 0 Å². The Hall–Kier alpha value is -2.81. The molecule has 0 amide bonds. The minimum Gasteiger partial charge on any atom is -0.353 e. The van der Waals surface area contributed by atoms with E-state index in [1.165, 1.54) is 22.0 Å². The second-order valence-corrected chi connectivity index (χ2v) is 6.30. The van der Waals surface area contributed by atoms with E-state index in [0.717, 1.165) is 25.2 Å². The lowest BCUT2D eigenvalue weighted by Gasteiger charge is -2.08. The van der Waals surface area contributed by atoms with Gasteiger partial charge in [0.1, 0.15) is 0 Å². The number of fused-ring (bicyclic) bond motifs is 1. The van der Waals surface area contributed by atoms with Crippen LogP contribution in [0.5, 0.6) is 0 Å². The first-order valence-electron chi connectivity index (χ1n) is 8.40. The summed E-state index contributed by atoms with van der Waals surface area (Å²) in [6.45, 7) is 3.86. The lowest BCUT2D eigenvalue weighted by Crippen LogP contribution is -2.09. The van der Waals surface area contributed by atoms with Gasteiger partial charge in [-0.1, -0.05) is 54.6 Å². The predicted octanol–water partition coefficient (Wildman–Crippen LogP) is 4.44. The molecular formula is C21H21N3. The molecular weight excluding hydrogens is 294 g/mol. The SMILES string of the molecule is Cc1cc(CCn2cc3ccccc3c2)n(Cc2ccccc2)n1. The average molecular weight is 315 g/mol. The smallest absolute Gasteiger partial charge is 0.0662 e.